The van der Waals surface area contributed by atoms with Gasteiger partial charge in [-0.15, -0.1) is 0 Å². The minimum Gasteiger partial charge on any atom is -0.379 e. The molecule has 0 unspecified atom stereocenters. The van der Waals surface area contributed by atoms with E-state index in [0.717, 1.165) is 48.3 Å². The molecule has 1 aliphatic heterocycles. The molecule has 3 aromatic heterocycles. The summed E-state index contributed by atoms with van der Waals surface area (Å²) in [5.74, 6) is -0.177. The molecular formula is C21H23N5O2. The summed E-state index contributed by atoms with van der Waals surface area (Å²) in [6.07, 6.45) is 6.97. The van der Waals surface area contributed by atoms with E-state index in [4.69, 9.17) is 4.74 Å². The van der Waals surface area contributed by atoms with Crippen molar-refractivity contribution in [3.63, 3.8) is 0 Å². The van der Waals surface area contributed by atoms with Gasteiger partial charge < -0.3 is 10.1 Å². The number of carbonyl (C=O) groups is 1. The Morgan fingerprint density at radius 1 is 1.21 bits per heavy atom. The molecule has 7 nitrogen and oxygen atoms in total. The number of pyridine rings is 3. The van der Waals surface area contributed by atoms with Crippen molar-refractivity contribution in [3.05, 3.63) is 54.7 Å². The van der Waals surface area contributed by atoms with Gasteiger partial charge in [-0.05, 0) is 30.7 Å². The van der Waals surface area contributed by atoms with Gasteiger partial charge in [-0.25, -0.2) is 4.98 Å². The lowest BCUT2D eigenvalue weighted by molar-refractivity contribution is 0.0204. The molecule has 28 heavy (non-hydrogen) atoms. The number of rotatable bonds is 5. The molecule has 0 radical (unpaired) electrons. The Bertz CT molecular complexity index is 957. The van der Waals surface area contributed by atoms with Crippen LogP contribution in [0.25, 0.3) is 22.0 Å². The normalized spacial score (nSPS) is 16.0. The summed E-state index contributed by atoms with van der Waals surface area (Å²) >= 11 is 0. The predicted molar refractivity (Wildman–Crippen MR) is 107 cm³/mol. The second-order valence-electron chi connectivity index (χ2n) is 6.90. The topological polar surface area (TPSA) is 80.2 Å². The molecule has 1 fully saturated rings. The molecule has 1 saturated heterocycles. The molecule has 1 aliphatic rings. The van der Waals surface area contributed by atoms with Gasteiger partial charge in [-0.3, -0.25) is 19.7 Å². The molecule has 0 saturated carbocycles. The maximum Gasteiger partial charge on any atom is 0.269 e. The van der Waals surface area contributed by atoms with Crippen LogP contribution >= 0.6 is 0 Å². The van der Waals surface area contributed by atoms with Gasteiger partial charge in [0, 0.05) is 61.4 Å². The zero-order chi connectivity index (χ0) is 19.3. The van der Waals surface area contributed by atoms with Crippen LogP contribution in [0.5, 0.6) is 0 Å². The van der Waals surface area contributed by atoms with Crippen molar-refractivity contribution in [2.75, 3.05) is 32.8 Å². The van der Waals surface area contributed by atoms with Crippen molar-refractivity contribution in [1.82, 2.24) is 25.2 Å². The highest BCUT2D eigenvalue weighted by molar-refractivity contribution is 6.00. The average molecular weight is 377 g/mol. The molecular weight excluding hydrogens is 354 g/mol. The Labute approximate surface area is 163 Å². The number of hydrogen-bond acceptors (Lipinski definition) is 6. The maximum absolute atomic E-state index is 12.8. The lowest BCUT2D eigenvalue weighted by Crippen LogP contribution is -2.47. The van der Waals surface area contributed by atoms with Crippen molar-refractivity contribution in [2.24, 2.45) is 0 Å². The van der Waals surface area contributed by atoms with E-state index >= 15 is 0 Å². The number of morpholine rings is 1. The Morgan fingerprint density at radius 2 is 2.04 bits per heavy atom. The summed E-state index contributed by atoms with van der Waals surface area (Å²) in [6.45, 7) is 5.95. The van der Waals surface area contributed by atoms with Crippen molar-refractivity contribution in [1.29, 1.82) is 0 Å². The van der Waals surface area contributed by atoms with E-state index < -0.39 is 0 Å². The van der Waals surface area contributed by atoms with E-state index in [9.17, 15) is 4.79 Å². The third kappa shape index (κ3) is 4.00. The van der Waals surface area contributed by atoms with Gasteiger partial charge in [0.15, 0.2) is 0 Å². The highest BCUT2D eigenvalue weighted by Crippen LogP contribution is 2.27. The number of nitrogens with zero attached hydrogens (tertiary/aromatic N) is 4. The minimum atomic E-state index is -0.177. The summed E-state index contributed by atoms with van der Waals surface area (Å²) in [5.41, 5.74) is 2.96. The standard InChI is InChI=1S/C21H23N5O2/c1-15(26-7-9-28-10-8-26)12-24-21(27)20-11-17(16-3-2-5-22-13-16)18-14-23-6-4-19(18)25-20/h2-6,11,13-15H,7-10,12H2,1H3,(H,24,27)/t15-/m1/s1. The van der Waals surface area contributed by atoms with Crippen molar-refractivity contribution in [3.8, 4) is 11.1 Å². The molecule has 1 atom stereocenters. The molecule has 0 spiro atoms. The van der Waals surface area contributed by atoms with Gasteiger partial charge in [-0.1, -0.05) is 6.07 Å². The van der Waals surface area contributed by atoms with Crippen LogP contribution < -0.4 is 5.32 Å². The van der Waals surface area contributed by atoms with E-state index in [1.165, 1.54) is 0 Å². The lowest BCUT2D eigenvalue weighted by Gasteiger charge is -2.32. The first kappa shape index (κ1) is 18.5. The number of hydrogen-bond donors (Lipinski definition) is 1. The SMILES string of the molecule is C[C@H](CNC(=O)c1cc(-c2cccnc2)c2cnccc2n1)N1CCOCC1. The van der Waals surface area contributed by atoms with Crippen LogP contribution in [0.3, 0.4) is 0 Å². The molecule has 0 aliphatic carbocycles. The van der Waals surface area contributed by atoms with Gasteiger partial charge >= 0.3 is 0 Å². The quantitative estimate of drug-likeness (QED) is 0.734. The van der Waals surface area contributed by atoms with Crippen molar-refractivity contribution >= 4 is 16.8 Å². The van der Waals surface area contributed by atoms with Gasteiger partial charge in [-0.2, -0.15) is 0 Å². The average Bonchev–Trinajstić information content (AvgIpc) is 2.77. The molecule has 7 heteroatoms. The summed E-state index contributed by atoms with van der Waals surface area (Å²) in [5, 5.41) is 3.92. The molecule has 1 amide bonds. The Hall–Kier alpha value is -2.90. The minimum absolute atomic E-state index is 0.177. The third-order valence-corrected chi connectivity index (χ3v) is 5.04. The fourth-order valence-electron chi connectivity index (χ4n) is 3.42. The van der Waals surface area contributed by atoms with Crippen LogP contribution in [0.15, 0.2) is 49.1 Å². The molecule has 3 aromatic rings. The highest BCUT2D eigenvalue weighted by Gasteiger charge is 2.19. The number of amides is 1. The van der Waals surface area contributed by atoms with Gasteiger partial charge in [0.25, 0.3) is 5.91 Å². The van der Waals surface area contributed by atoms with Crippen LogP contribution in [0.1, 0.15) is 17.4 Å². The Kier molecular flexibility index (Phi) is 5.55. The zero-order valence-corrected chi connectivity index (χ0v) is 15.8. The summed E-state index contributed by atoms with van der Waals surface area (Å²) in [6, 6.07) is 7.73. The van der Waals surface area contributed by atoms with E-state index in [-0.39, 0.29) is 11.9 Å². The zero-order valence-electron chi connectivity index (χ0n) is 15.8. The van der Waals surface area contributed by atoms with E-state index in [1.54, 1.807) is 24.8 Å². The van der Waals surface area contributed by atoms with Gasteiger partial charge in [0.05, 0.1) is 18.7 Å². The lowest BCUT2D eigenvalue weighted by atomic mass is 10.0. The fraction of sp³-hybridized carbons (Fsp3) is 0.333. The Balaban J connectivity index is 1.57. The van der Waals surface area contributed by atoms with Crippen LogP contribution in [0.2, 0.25) is 0 Å². The number of carbonyl (C=O) groups excluding carboxylic acids is 1. The second-order valence-corrected chi connectivity index (χ2v) is 6.90. The molecule has 144 valence electrons. The number of aromatic nitrogens is 3. The second kappa shape index (κ2) is 8.41. The van der Waals surface area contributed by atoms with Crippen molar-refractivity contribution in [2.45, 2.75) is 13.0 Å². The van der Waals surface area contributed by atoms with Gasteiger partial charge in [0.1, 0.15) is 5.69 Å². The summed E-state index contributed by atoms with van der Waals surface area (Å²) < 4.78 is 5.39. The first-order valence-electron chi connectivity index (χ1n) is 9.47. The number of ether oxygens (including phenoxy) is 1. The van der Waals surface area contributed by atoms with E-state index in [0.29, 0.717) is 12.2 Å². The fourth-order valence-corrected chi connectivity index (χ4v) is 3.42. The van der Waals surface area contributed by atoms with Crippen molar-refractivity contribution < 1.29 is 9.53 Å². The monoisotopic (exact) mass is 377 g/mol. The number of nitrogens with one attached hydrogen (secondary N) is 1. The van der Waals surface area contributed by atoms with Crippen LogP contribution in [0, 0.1) is 0 Å². The Morgan fingerprint density at radius 3 is 2.82 bits per heavy atom. The largest absolute Gasteiger partial charge is 0.379 e. The maximum atomic E-state index is 12.8. The number of fused-ring (bicyclic) bond motifs is 1. The molecule has 4 rings (SSSR count). The smallest absolute Gasteiger partial charge is 0.269 e. The molecule has 4 heterocycles. The van der Waals surface area contributed by atoms with Crippen LogP contribution in [-0.4, -0.2) is 64.6 Å². The van der Waals surface area contributed by atoms with E-state index in [1.807, 2.05) is 24.3 Å². The van der Waals surface area contributed by atoms with Gasteiger partial charge in [0.2, 0.25) is 0 Å². The van der Waals surface area contributed by atoms with Crippen LogP contribution in [-0.2, 0) is 4.74 Å². The molecule has 0 bridgehead atoms. The van der Waals surface area contributed by atoms with E-state index in [2.05, 4.69) is 32.1 Å². The third-order valence-electron chi connectivity index (χ3n) is 5.04. The summed E-state index contributed by atoms with van der Waals surface area (Å²) in [4.78, 5) is 28.1. The summed E-state index contributed by atoms with van der Waals surface area (Å²) in [7, 11) is 0. The van der Waals surface area contributed by atoms with Crippen LogP contribution in [0.4, 0.5) is 0 Å². The molecule has 0 aromatic carbocycles. The first-order valence-corrected chi connectivity index (χ1v) is 9.47. The highest BCUT2D eigenvalue weighted by atomic mass is 16.5. The molecule has 1 N–H and O–H groups in total. The first-order chi connectivity index (χ1) is 13.7. The predicted octanol–water partition coefficient (Wildman–Crippen LogP) is 2.14.